The molecule has 0 aromatic heterocycles. The molecule has 1 aliphatic carbocycles. The maximum atomic E-state index is 10.1. The van der Waals surface area contributed by atoms with Crippen LogP contribution in [0.5, 0.6) is 5.75 Å². The molecule has 3 heteroatoms. The Kier molecular flexibility index (Phi) is 4.48. The van der Waals surface area contributed by atoms with E-state index in [0.29, 0.717) is 0 Å². The molecule has 0 heterocycles. The zero-order valence-corrected chi connectivity index (χ0v) is 11.3. The molecular weight excluding hydrogens is 226 g/mol. The lowest BCUT2D eigenvalue weighted by atomic mass is 10.0. The van der Waals surface area contributed by atoms with Gasteiger partial charge in [0.15, 0.2) is 0 Å². The molecular formula is C15H23NO2. The van der Waals surface area contributed by atoms with Crippen molar-refractivity contribution in [2.45, 2.75) is 51.2 Å². The van der Waals surface area contributed by atoms with E-state index in [-0.39, 0.29) is 12.1 Å². The number of benzene rings is 1. The zero-order chi connectivity index (χ0) is 13.0. The first-order valence-corrected chi connectivity index (χ1v) is 6.80. The number of nitrogens with one attached hydrogen (secondary N) is 1. The molecule has 0 spiro atoms. The van der Waals surface area contributed by atoms with Gasteiger partial charge in [-0.25, -0.2) is 0 Å². The summed E-state index contributed by atoms with van der Waals surface area (Å²) in [4.78, 5) is 0. The Balaban J connectivity index is 2.07. The first kappa shape index (κ1) is 13.2. The first-order valence-electron chi connectivity index (χ1n) is 6.80. The van der Waals surface area contributed by atoms with E-state index < -0.39 is 0 Å². The minimum atomic E-state index is -0.228. The number of methoxy groups -OCH3 is 1. The molecule has 0 bridgehead atoms. The molecule has 0 amide bonds. The summed E-state index contributed by atoms with van der Waals surface area (Å²) in [5.74, 6) is 0.875. The Hall–Kier alpha value is -1.22. The van der Waals surface area contributed by atoms with E-state index in [1.165, 1.54) is 12.8 Å². The Morgan fingerprint density at radius 1 is 1.22 bits per heavy atom. The van der Waals surface area contributed by atoms with Crippen LogP contribution in [0.2, 0.25) is 0 Å². The monoisotopic (exact) mass is 249 g/mol. The van der Waals surface area contributed by atoms with Crippen molar-refractivity contribution >= 4 is 5.69 Å². The smallest absolute Gasteiger partial charge is 0.119 e. The summed E-state index contributed by atoms with van der Waals surface area (Å²) < 4.78 is 5.20. The van der Waals surface area contributed by atoms with Crippen molar-refractivity contribution in [2.75, 3.05) is 12.4 Å². The van der Waals surface area contributed by atoms with E-state index >= 15 is 0 Å². The van der Waals surface area contributed by atoms with Gasteiger partial charge in [-0.1, -0.05) is 19.3 Å². The van der Waals surface area contributed by atoms with Gasteiger partial charge in [0.25, 0.3) is 0 Å². The molecule has 2 N–H and O–H groups in total. The van der Waals surface area contributed by atoms with Gasteiger partial charge in [0.1, 0.15) is 5.75 Å². The lowest BCUT2D eigenvalue weighted by molar-refractivity contribution is 0.144. The number of aliphatic hydroxyl groups is 1. The highest BCUT2D eigenvalue weighted by Crippen LogP contribution is 2.25. The Labute approximate surface area is 109 Å². The van der Waals surface area contributed by atoms with Gasteiger partial charge in [-0.15, -0.1) is 0 Å². The van der Waals surface area contributed by atoms with Crippen LogP contribution in [0.25, 0.3) is 0 Å². The lowest BCUT2D eigenvalue weighted by Crippen LogP contribution is -2.32. The molecule has 2 unspecified atom stereocenters. The number of hydrogen-bond acceptors (Lipinski definition) is 3. The molecule has 1 aromatic rings. The number of aliphatic hydroxyl groups excluding tert-OH is 1. The van der Waals surface area contributed by atoms with Gasteiger partial charge in [-0.05, 0) is 43.5 Å². The summed E-state index contributed by atoms with van der Waals surface area (Å²) in [6, 6.07) is 6.19. The minimum Gasteiger partial charge on any atom is -0.497 e. The Morgan fingerprint density at radius 2 is 2.00 bits per heavy atom. The van der Waals surface area contributed by atoms with E-state index in [1.54, 1.807) is 7.11 Å². The summed E-state index contributed by atoms with van der Waals surface area (Å²) in [6.45, 7) is 2.06. The number of ether oxygens (including phenoxy) is 1. The highest BCUT2D eigenvalue weighted by atomic mass is 16.5. The number of rotatable bonds is 3. The van der Waals surface area contributed by atoms with Crippen LogP contribution in [0.15, 0.2) is 18.2 Å². The Morgan fingerprint density at radius 3 is 2.72 bits per heavy atom. The van der Waals surface area contributed by atoms with Crippen LogP contribution in [-0.2, 0) is 0 Å². The van der Waals surface area contributed by atoms with Crippen LogP contribution in [0.3, 0.4) is 0 Å². The molecule has 18 heavy (non-hydrogen) atoms. The molecule has 1 aromatic carbocycles. The topological polar surface area (TPSA) is 41.5 Å². The fraction of sp³-hybridized carbons (Fsp3) is 0.600. The van der Waals surface area contributed by atoms with Gasteiger partial charge in [0.2, 0.25) is 0 Å². The fourth-order valence-corrected chi connectivity index (χ4v) is 2.58. The summed E-state index contributed by atoms with van der Waals surface area (Å²) in [5.41, 5.74) is 2.26. The van der Waals surface area contributed by atoms with Crippen LogP contribution in [0.1, 0.15) is 37.7 Å². The highest BCUT2D eigenvalue weighted by molar-refractivity contribution is 5.54. The second-order valence-corrected chi connectivity index (χ2v) is 5.14. The van der Waals surface area contributed by atoms with Gasteiger partial charge in [-0.2, -0.15) is 0 Å². The molecule has 1 fully saturated rings. The third-order valence-electron chi connectivity index (χ3n) is 3.75. The largest absolute Gasteiger partial charge is 0.497 e. The first-order chi connectivity index (χ1) is 8.70. The van der Waals surface area contributed by atoms with Crippen LogP contribution in [0, 0.1) is 6.92 Å². The lowest BCUT2D eigenvalue weighted by Gasteiger charge is -2.24. The standard InChI is InChI=1S/C15H23NO2/c1-11-10-12(18-2)8-9-13(11)16-14-6-4-3-5-7-15(14)17/h8-10,14-17H,3-7H2,1-2H3. The van der Waals surface area contributed by atoms with Gasteiger partial charge < -0.3 is 15.2 Å². The summed E-state index contributed by atoms with van der Waals surface area (Å²) >= 11 is 0. The van der Waals surface area contributed by atoms with Crippen LogP contribution in [-0.4, -0.2) is 24.4 Å². The van der Waals surface area contributed by atoms with Crippen molar-refractivity contribution in [2.24, 2.45) is 0 Å². The second-order valence-electron chi connectivity index (χ2n) is 5.14. The summed E-state index contributed by atoms with van der Waals surface area (Å²) in [7, 11) is 1.68. The molecule has 2 rings (SSSR count). The number of anilines is 1. The van der Waals surface area contributed by atoms with Crippen molar-refractivity contribution in [3.63, 3.8) is 0 Å². The maximum Gasteiger partial charge on any atom is 0.119 e. The van der Waals surface area contributed by atoms with Crippen molar-refractivity contribution in [1.82, 2.24) is 0 Å². The predicted octanol–water partition coefficient (Wildman–Crippen LogP) is 3.11. The third-order valence-corrected chi connectivity index (χ3v) is 3.75. The molecule has 2 atom stereocenters. The van der Waals surface area contributed by atoms with Crippen LogP contribution < -0.4 is 10.1 Å². The van der Waals surface area contributed by atoms with E-state index in [9.17, 15) is 5.11 Å². The minimum absolute atomic E-state index is 0.180. The van der Waals surface area contributed by atoms with Crippen molar-refractivity contribution < 1.29 is 9.84 Å². The van der Waals surface area contributed by atoms with Gasteiger partial charge in [0.05, 0.1) is 19.3 Å². The van der Waals surface area contributed by atoms with Crippen molar-refractivity contribution in [3.8, 4) is 5.75 Å². The third kappa shape index (κ3) is 3.16. The molecule has 3 nitrogen and oxygen atoms in total. The molecule has 1 saturated carbocycles. The maximum absolute atomic E-state index is 10.1. The highest BCUT2D eigenvalue weighted by Gasteiger charge is 2.21. The van der Waals surface area contributed by atoms with Gasteiger partial charge >= 0.3 is 0 Å². The van der Waals surface area contributed by atoms with E-state index in [0.717, 1.165) is 36.3 Å². The molecule has 0 radical (unpaired) electrons. The van der Waals surface area contributed by atoms with Crippen LogP contribution in [0.4, 0.5) is 5.69 Å². The molecule has 0 aliphatic heterocycles. The van der Waals surface area contributed by atoms with E-state index in [1.807, 2.05) is 18.2 Å². The second kappa shape index (κ2) is 6.10. The van der Waals surface area contributed by atoms with E-state index in [4.69, 9.17) is 4.74 Å². The molecule has 0 saturated heterocycles. The van der Waals surface area contributed by atoms with Crippen LogP contribution >= 0.6 is 0 Å². The summed E-state index contributed by atoms with van der Waals surface area (Å²) in [5, 5.41) is 13.6. The van der Waals surface area contributed by atoms with Crippen molar-refractivity contribution in [3.05, 3.63) is 23.8 Å². The molecule has 100 valence electrons. The normalized spacial score (nSPS) is 24.4. The number of aryl methyl sites for hydroxylation is 1. The average Bonchev–Trinajstić information content (AvgIpc) is 2.57. The Bertz CT molecular complexity index is 392. The fourth-order valence-electron chi connectivity index (χ4n) is 2.58. The SMILES string of the molecule is COc1ccc(NC2CCCCCC2O)c(C)c1. The van der Waals surface area contributed by atoms with Crippen molar-refractivity contribution in [1.29, 1.82) is 0 Å². The molecule has 1 aliphatic rings. The van der Waals surface area contributed by atoms with Gasteiger partial charge in [-0.3, -0.25) is 0 Å². The number of hydrogen-bond donors (Lipinski definition) is 2. The predicted molar refractivity (Wildman–Crippen MR) is 74.2 cm³/mol. The van der Waals surface area contributed by atoms with Gasteiger partial charge in [0, 0.05) is 5.69 Å². The quantitative estimate of drug-likeness (QED) is 0.809. The zero-order valence-electron chi connectivity index (χ0n) is 11.3. The van der Waals surface area contributed by atoms with E-state index in [2.05, 4.69) is 12.2 Å². The average molecular weight is 249 g/mol. The summed E-state index contributed by atoms with van der Waals surface area (Å²) in [6.07, 6.45) is 5.30.